The third-order valence-corrected chi connectivity index (χ3v) is 3.87. The Hall–Kier alpha value is -1.30. The molecule has 1 N–H and O–H groups in total. The van der Waals surface area contributed by atoms with E-state index in [-0.39, 0.29) is 29.3 Å². The molecule has 1 amide bonds. The normalized spacial score (nSPS) is 11.2. The lowest BCUT2D eigenvalue weighted by atomic mass is 10.2. The predicted molar refractivity (Wildman–Crippen MR) is 86.7 cm³/mol. The summed E-state index contributed by atoms with van der Waals surface area (Å²) in [6.45, 7) is 10.1. The van der Waals surface area contributed by atoms with Gasteiger partial charge in [0.2, 0.25) is 5.91 Å². The lowest BCUT2D eigenvalue weighted by molar-refractivity contribution is -0.131. The van der Waals surface area contributed by atoms with Crippen molar-refractivity contribution in [2.45, 2.75) is 64.7 Å². The number of thioether (sulfide) groups is 1. The lowest BCUT2D eigenvalue weighted by Gasteiger charge is -2.30. The number of aromatic amines is 1. The van der Waals surface area contributed by atoms with Crippen LogP contribution in [0.3, 0.4) is 0 Å². The fourth-order valence-electron chi connectivity index (χ4n) is 2.31. The van der Waals surface area contributed by atoms with E-state index in [1.165, 1.54) is 17.8 Å². The van der Waals surface area contributed by atoms with Gasteiger partial charge in [0.05, 0.1) is 5.75 Å². The number of aryl methyl sites for hydroxylation is 1. The number of aromatic nitrogens is 2. The quantitative estimate of drug-likeness (QED) is 0.620. The Morgan fingerprint density at radius 1 is 1.33 bits per heavy atom. The Kier molecular flexibility index (Phi) is 6.95. The van der Waals surface area contributed by atoms with Crippen LogP contribution in [0.5, 0.6) is 0 Å². The first-order chi connectivity index (χ1) is 9.85. The van der Waals surface area contributed by atoms with Crippen LogP contribution >= 0.6 is 11.8 Å². The predicted octanol–water partition coefficient (Wildman–Crippen LogP) is 2.46. The molecule has 0 aromatic carbocycles. The second-order valence-electron chi connectivity index (χ2n) is 5.57. The highest BCUT2D eigenvalue weighted by Gasteiger charge is 2.20. The molecule has 1 aromatic heterocycles. The molecule has 0 aliphatic rings. The summed E-state index contributed by atoms with van der Waals surface area (Å²) in [5, 5.41) is 0.520. The van der Waals surface area contributed by atoms with Crippen LogP contribution in [0.1, 0.15) is 46.7 Å². The first-order valence-corrected chi connectivity index (χ1v) is 8.37. The van der Waals surface area contributed by atoms with Gasteiger partial charge in [-0.15, -0.1) is 0 Å². The van der Waals surface area contributed by atoms with E-state index in [0.29, 0.717) is 5.16 Å². The van der Waals surface area contributed by atoms with E-state index >= 15 is 0 Å². The average molecular weight is 311 g/mol. The number of hydrogen-bond donors (Lipinski definition) is 1. The molecule has 0 aliphatic carbocycles. The maximum atomic E-state index is 12.3. The molecule has 0 bridgehead atoms. The third kappa shape index (κ3) is 5.53. The van der Waals surface area contributed by atoms with E-state index < -0.39 is 0 Å². The molecular weight excluding hydrogens is 286 g/mol. The molecule has 0 saturated heterocycles. The number of amides is 1. The van der Waals surface area contributed by atoms with Gasteiger partial charge in [-0.3, -0.25) is 9.59 Å². The summed E-state index contributed by atoms with van der Waals surface area (Å²) in [6.07, 6.45) is 1.71. The van der Waals surface area contributed by atoms with Crippen molar-refractivity contribution >= 4 is 17.7 Å². The molecule has 118 valence electrons. The largest absolute Gasteiger partial charge is 0.337 e. The molecular formula is C15H25N3O2S. The van der Waals surface area contributed by atoms with E-state index in [9.17, 15) is 9.59 Å². The first kappa shape index (κ1) is 17.8. The van der Waals surface area contributed by atoms with Gasteiger partial charge in [0, 0.05) is 23.8 Å². The smallest absolute Gasteiger partial charge is 0.251 e. The van der Waals surface area contributed by atoms with Crippen molar-refractivity contribution in [1.29, 1.82) is 0 Å². The van der Waals surface area contributed by atoms with Gasteiger partial charge >= 0.3 is 0 Å². The number of H-pyrrole nitrogens is 1. The number of nitrogens with zero attached hydrogens (tertiary/aromatic N) is 2. The first-order valence-electron chi connectivity index (χ1n) is 7.39. The Balaban J connectivity index is 2.74. The molecule has 0 atom stereocenters. The summed E-state index contributed by atoms with van der Waals surface area (Å²) >= 11 is 1.29. The SMILES string of the molecule is CCCc1cc(=O)[nH]c(SCC(=O)N(C(C)C)C(C)C)n1. The van der Waals surface area contributed by atoms with Crippen molar-refractivity contribution in [3.63, 3.8) is 0 Å². The van der Waals surface area contributed by atoms with Crippen LogP contribution in [0.4, 0.5) is 0 Å². The van der Waals surface area contributed by atoms with E-state index in [1.807, 2.05) is 39.5 Å². The second kappa shape index (κ2) is 8.22. The van der Waals surface area contributed by atoms with Gasteiger partial charge < -0.3 is 9.88 Å². The Morgan fingerprint density at radius 2 is 1.95 bits per heavy atom. The topological polar surface area (TPSA) is 66.1 Å². The van der Waals surface area contributed by atoms with E-state index in [2.05, 4.69) is 9.97 Å². The Labute approximate surface area is 130 Å². The van der Waals surface area contributed by atoms with Crippen LogP contribution in [0.25, 0.3) is 0 Å². The fourth-order valence-corrected chi connectivity index (χ4v) is 3.08. The summed E-state index contributed by atoms with van der Waals surface area (Å²) in [4.78, 5) is 32.8. The van der Waals surface area contributed by atoms with E-state index in [0.717, 1.165) is 18.5 Å². The summed E-state index contributed by atoms with van der Waals surface area (Å²) in [5.74, 6) is 0.350. The van der Waals surface area contributed by atoms with Gasteiger partial charge in [-0.2, -0.15) is 0 Å². The van der Waals surface area contributed by atoms with Crippen LogP contribution < -0.4 is 5.56 Å². The average Bonchev–Trinajstić information content (AvgIpc) is 2.35. The highest BCUT2D eigenvalue weighted by molar-refractivity contribution is 7.99. The molecule has 0 aliphatic heterocycles. The second-order valence-corrected chi connectivity index (χ2v) is 6.53. The molecule has 1 rings (SSSR count). The van der Waals surface area contributed by atoms with Gasteiger partial charge in [-0.1, -0.05) is 25.1 Å². The molecule has 6 heteroatoms. The number of carbonyl (C=O) groups is 1. The monoisotopic (exact) mass is 311 g/mol. The zero-order valence-electron chi connectivity index (χ0n) is 13.5. The minimum Gasteiger partial charge on any atom is -0.337 e. The summed E-state index contributed by atoms with van der Waals surface area (Å²) in [7, 11) is 0. The van der Waals surface area contributed by atoms with Crippen LogP contribution in [-0.4, -0.2) is 38.6 Å². The summed E-state index contributed by atoms with van der Waals surface area (Å²) < 4.78 is 0. The van der Waals surface area contributed by atoms with Crippen molar-refractivity contribution in [2.24, 2.45) is 0 Å². The Morgan fingerprint density at radius 3 is 2.48 bits per heavy atom. The third-order valence-electron chi connectivity index (χ3n) is 3.01. The Bertz CT molecular complexity index is 518. The molecule has 5 nitrogen and oxygen atoms in total. The maximum Gasteiger partial charge on any atom is 0.251 e. The van der Waals surface area contributed by atoms with Gasteiger partial charge in [0.25, 0.3) is 5.56 Å². The van der Waals surface area contributed by atoms with Crippen molar-refractivity contribution in [1.82, 2.24) is 14.9 Å². The summed E-state index contributed by atoms with van der Waals surface area (Å²) in [5.41, 5.74) is 0.619. The lowest BCUT2D eigenvalue weighted by Crippen LogP contribution is -2.43. The molecule has 0 fully saturated rings. The highest BCUT2D eigenvalue weighted by atomic mass is 32.2. The van der Waals surface area contributed by atoms with Crippen molar-refractivity contribution < 1.29 is 4.79 Å². The van der Waals surface area contributed by atoms with E-state index in [1.54, 1.807) is 0 Å². The van der Waals surface area contributed by atoms with Crippen LogP contribution in [0, 0.1) is 0 Å². The highest BCUT2D eigenvalue weighted by Crippen LogP contribution is 2.15. The molecule has 0 unspecified atom stereocenters. The molecule has 0 radical (unpaired) electrons. The number of hydrogen-bond acceptors (Lipinski definition) is 4. The molecule has 0 saturated carbocycles. The van der Waals surface area contributed by atoms with Gasteiger partial charge in [0.15, 0.2) is 5.16 Å². The zero-order chi connectivity index (χ0) is 16.0. The molecule has 1 aromatic rings. The van der Waals surface area contributed by atoms with Gasteiger partial charge in [-0.25, -0.2) is 4.98 Å². The minimum atomic E-state index is -0.159. The number of rotatable bonds is 7. The van der Waals surface area contributed by atoms with Crippen LogP contribution in [0.2, 0.25) is 0 Å². The van der Waals surface area contributed by atoms with Crippen molar-refractivity contribution in [3.8, 4) is 0 Å². The van der Waals surface area contributed by atoms with Crippen LogP contribution in [0.15, 0.2) is 16.0 Å². The fraction of sp³-hybridized carbons (Fsp3) is 0.667. The number of carbonyl (C=O) groups excluding carboxylic acids is 1. The maximum absolute atomic E-state index is 12.3. The van der Waals surface area contributed by atoms with E-state index in [4.69, 9.17) is 0 Å². The zero-order valence-corrected chi connectivity index (χ0v) is 14.3. The number of nitrogens with one attached hydrogen (secondary N) is 1. The van der Waals surface area contributed by atoms with Gasteiger partial charge in [0.1, 0.15) is 0 Å². The summed E-state index contributed by atoms with van der Waals surface area (Å²) in [6, 6.07) is 1.84. The molecule has 1 heterocycles. The molecule has 21 heavy (non-hydrogen) atoms. The van der Waals surface area contributed by atoms with Gasteiger partial charge in [-0.05, 0) is 34.1 Å². The van der Waals surface area contributed by atoms with Crippen LogP contribution in [-0.2, 0) is 11.2 Å². The molecule has 0 spiro atoms. The minimum absolute atomic E-state index is 0.0635. The van der Waals surface area contributed by atoms with Crippen molar-refractivity contribution in [3.05, 3.63) is 22.1 Å². The van der Waals surface area contributed by atoms with Crippen molar-refractivity contribution in [2.75, 3.05) is 5.75 Å². The standard InChI is InChI=1S/C15H25N3O2S/c1-6-7-12-8-13(19)17-15(16-12)21-9-14(20)18(10(2)3)11(4)5/h8,10-11H,6-7,9H2,1-5H3,(H,16,17,19).